The maximum absolute atomic E-state index is 13.0. The Bertz CT molecular complexity index is 1040. The zero-order valence-corrected chi connectivity index (χ0v) is 18.4. The molecule has 0 fully saturated rings. The highest BCUT2D eigenvalue weighted by Gasteiger charge is 2.32. The van der Waals surface area contributed by atoms with Crippen LogP contribution in [-0.2, 0) is 32.4 Å². The van der Waals surface area contributed by atoms with Crippen molar-refractivity contribution in [1.82, 2.24) is 0 Å². The number of sulfonamides is 1. The molecule has 1 N–H and O–H groups in total. The summed E-state index contributed by atoms with van der Waals surface area (Å²) < 4.78 is 30.8. The third-order valence-corrected chi connectivity index (χ3v) is 7.37. The average molecular weight is 437 g/mol. The summed E-state index contributed by atoms with van der Waals surface area (Å²) >= 11 is 1.35. The fourth-order valence-electron chi connectivity index (χ4n) is 3.53. The number of hydrogen-bond acceptors (Lipinski definition) is 6. The number of anilines is 2. The van der Waals surface area contributed by atoms with Gasteiger partial charge in [-0.15, -0.1) is 11.3 Å². The predicted molar refractivity (Wildman–Crippen MR) is 114 cm³/mol. The van der Waals surface area contributed by atoms with Gasteiger partial charge < -0.3 is 10.1 Å². The normalized spacial score (nSPS) is 14.2. The number of rotatable bonds is 6. The molecule has 1 amide bonds. The van der Waals surface area contributed by atoms with E-state index in [1.165, 1.54) is 25.4 Å². The van der Waals surface area contributed by atoms with E-state index in [2.05, 4.69) is 5.32 Å². The maximum atomic E-state index is 13.0. The molecule has 1 aliphatic carbocycles. The van der Waals surface area contributed by atoms with E-state index in [1.54, 1.807) is 24.3 Å². The number of carbonyl (C=O) groups is 2. The minimum atomic E-state index is -3.71. The van der Waals surface area contributed by atoms with Crippen LogP contribution < -0.4 is 9.62 Å². The highest BCUT2D eigenvalue weighted by Crippen LogP contribution is 2.39. The Balaban J connectivity index is 1.92. The number of nitrogens with zero attached hydrogens (tertiary/aromatic N) is 1. The number of fused-ring (bicyclic) bond motifs is 1. The Morgan fingerprint density at radius 3 is 2.45 bits per heavy atom. The van der Waals surface area contributed by atoms with Crippen LogP contribution in [0.3, 0.4) is 0 Å². The van der Waals surface area contributed by atoms with E-state index in [0.29, 0.717) is 16.3 Å². The molecule has 0 radical (unpaired) electrons. The third kappa shape index (κ3) is 4.30. The first-order valence-electron chi connectivity index (χ1n) is 9.23. The number of nitrogens with one attached hydrogen (secondary N) is 1. The quantitative estimate of drug-likeness (QED) is 0.703. The lowest BCUT2D eigenvalue weighted by atomic mass is 10.1. The molecular weight excluding hydrogens is 412 g/mol. The van der Waals surface area contributed by atoms with Gasteiger partial charge in [0, 0.05) is 4.88 Å². The number of carbonyl (C=O) groups excluding carboxylic acids is 2. The van der Waals surface area contributed by atoms with Gasteiger partial charge in [-0.25, -0.2) is 13.2 Å². The number of benzene rings is 1. The van der Waals surface area contributed by atoms with Crippen molar-refractivity contribution in [3.8, 4) is 0 Å². The number of hydrogen-bond donors (Lipinski definition) is 1. The number of esters is 1. The van der Waals surface area contributed by atoms with E-state index in [-0.39, 0.29) is 0 Å². The Labute approximate surface area is 174 Å². The van der Waals surface area contributed by atoms with Crippen LogP contribution in [0.5, 0.6) is 0 Å². The van der Waals surface area contributed by atoms with E-state index < -0.39 is 27.9 Å². The van der Waals surface area contributed by atoms with E-state index in [0.717, 1.165) is 45.8 Å². The number of thiophene rings is 1. The fraction of sp³-hybridized carbons (Fsp3) is 0.400. The second-order valence-corrected chi connectivity index (χ2v) is 10.1. The molecule has 0 bridgehead atoms. The van der Waals surface area contributed by atoms with Crippen LogP contribution in [0, 0.1) is 6.92 Å². The first kappa shape index (κ1) is 21.3. The van der Waals surface area contributed by atoms with Gasteiger partial charge in [0.15, 0.2) is 0 Å². The molecule has 0 saturated heterocycles. The lowest BCUT2D eigenvalue weighted by Gasteiger charge is -2.28. The van der Waals surface area contributed by atoms with Gasteiger partial charge in [0.25, 0.3) is 0 Å². The SMILES string of the molecule is COC(=O)c1c(NC(=O)[C@@H](C)N(c2ccc(C)cc2)S(C)(=O)=O)sc2c1CCC2. The van der Waals surface area contributed by atoms with Gasteiger partial charge in [0.2, 0.25) is 15.9 Å². The largest absolute Gasteiger partial charge is 0.465 e. The highest BCUT2D eigenvalue weighted by atomic mass is 32.2. The number of amides is 1. The Morgan fingerprint density at radius 2 is 1.86 bits per heavy atom. The van der Waals surface area contributed by atoms with Crippen molar-refractivity contribution in [2.75, 3.05) is 23.0 Å². The summed E-state index contributed by atoms with van der Waals surface area (Å²) in [7, 11) is -2.41. The van der Waals surface area contributed by atoms with Crippen molar-refractivity contribution >= 4 is 43.9 Å². The molecule has 1 heterocycles. The Kier molecular flexibility index (Phi) is 6.00. The van der Waals surface area contributed by atoms with Crippen LogP contribution in [0.1, 0.15) is 39.7 Å². The maximum Gasteiger partial charge on any atom is 0.341 e. The molecule has 0 aliphatic heterocycles. The van der Waals surface area contributed by atoms with Crippen molar-refractivity contribution in [3.63, 3.8) is 0 Å². The van der Waals surface area contributed by atoms with E-state index in [9.17, 15) is 18.0 Å². The smallest absolute Gasteiger partial charge is 0.341 e. The number of methoxy groups -OCH3 is 1. The van der Waals surface area contributed by atoms with Crippen LogP contribution in [0.4, 0.5) is 10.7 Å². The van der Waals surface area contributed by atoms with Gasteiger partial charge in [0.1, 0.15) is 11.0 Å². The molecule has 1 aromatic carbocycles. The van der Waals surface area contributed by atoms with Crippen molar-refractivity contribution < 1.29 is 22.7 Å². The van der Waals surface area contributed by atoms with Gasteiger partial charge >= 0.3 is 5.97 Å². The van der Waals surface area contributed by atoms with Crippen LogP contribution in [0.25, 0.3) is 0 Å². The topological polar surface area (TPSA) is 92.8 Å². The number of ether oxygens (including phenoxy) is 1. The lowest BCUT2D eigenvalue weighted by molar-refractivity contribution is -0.116. The molecular formula is C20H24N2O5S2. The number of aryl methyl sites for hydroxylation is 2. The Morgan fingerprint density at radius 1 is 1.21 bits per heavy atom. The van der Waals surface area contributed by atoms with E-state index in [4.69, 9.17) is 4.74 Å². The summed E-state index contributed by atoms with van der Waals surface area (Å²) in [6, 6.07) is 5.91. The zero-order chi connectivity index (χ0) is 21.3. The molecule has 2 aromatic rings. The first-order valence-corrected chi connectivity index (χ1v) is 11.9. The summed E-state index contributed by atoms with van der Waals surface area (Å²) in [5.41, 5.74) is 2.69. The van der Waals surface area contributed by atoms with Gasteiger partial charge in [-0.05, 0) is 50.8 Å². The molecule has 7 nitrogen and oxygen atoms in total. The van der Waals surface area contributed by atoms with Crippen LogP contribution in [0.15, 0.2) is 24.3 Å². The van der Waals surface area contributed by atoms with Gasteiger partial charge in [0.05, 0.1) is 24.6 Å². The summed E-state index contributed by atoms with van der Waals surface area (Å²) in [5, 5.41) is 3.17. The Hall–Kier alpha value is -2.39. The van der Waals surface area contributed by atoms with Gasteiger partial charge in [-0.1, -0.05) is 17.7 Å². The summed E-state index contributed by atoms with van der Waals surface area (Å²) in [5.74, 6) is -1.01. The molecule has 0 spiro atoms. The minimum Gasteiger partial charge on any atom is -0.465 e. The standard InChI is InChI=1S/C20H24N2O5S2/c1-12-8-10-14(11-9-12)22(29(4,25)26)13(2)18(23)21-19-17(20(24)27-3)15-6-5-7-16(15)28-19/h8-11,13H,5-7H2,1-4H3,(H,21,23)/t13-/m1/s1. The summed E-state index contributed by atoms with van der Waals surface area (Å²) in [6.07, 6.45) is 3.65. The third-order valence-electron chi connectivity index (χ3n) is 4.92. The van der Waals surface area contributed by atoms with Crippen molar-refractivity contribution in [2.24, 2.45) is 0 Å². The van der Waals surface area contributed by atoms with E-state index >= 15 is 0 Å². The van der Waals surface area contributed by atoms with Crippen molar-refractivity contribution in [2.45, 2.75) is 39.2 Å². The molecule has 29 heavy (non-hydrogen) atoms. The van der Waals surface area contributed by atoms with Crippen LogP contribution >= 0.6 is 11.3 Å². The molecule has 0 unspecified atom stereocenters. The van der Waals surface area contributed by atoms with Crippen LogP contribution in [-0.4, -0.2) is 39.7 Å². The fourth-order valence-corrected chi connectivity index (χ4v) is 5.98. The van der Waals surface area contributed by atoms with Crippen molar-refractivity contribution in [3.05, 3.63) is 45.8 Å². The lowest BCUT2D eigenvalue weighted by Crippen LogP contribution is -2.45. The molecule has 0 saturated carbocycles. The highest BCUT2D eigenvalue weighted by molar-refractivity contribution is 7.92. The average Bonchev–Trinajstić information content (AvgIpc) is 3.22. The summed E-state index contributed by atoms with van der Waals surface area (Å²) in [6.45, 7) is 3.42. The molecule has 1 atom stereocenters. The van der Waals surface area contributed by atoms with Gasteiger partial charge in [-0.3, -0.25) is 9.10 Å². The molecule has 9 heteroatoms. The molecule has 1 aliphatic rings. The zero-order valence-electron chi connectivity index (χ0n) is 16.8. The minimum absolute atomic E-state index is 0.381. The summed E-state index contributed by atoms with van der Waals surface area (Å²) in [4.78, 5) is 26.3. The van der Waals surface area contributed by atoms with Gasteiger partial charge in [-0.2, -0.15) is 0 Å². The van der Waals surface area contributed by atoms with Crippen molar-refractivity contribution in [1.29, 1.82) is 0 Å². The molecule has 1 aromatic heterocycles. The van der Waals surface area contributed by atoms with Crippen LogP contribution in [0.2, 0.25) is 0 Å². The molecule has 156 valence electrons. The second kappa shape index (κ2) is 8.16. The monoisotopic (exact) mass is 436 g/mol. The van der Waals surface area contributed by atoms with E-state index in [1.807, 2.05) is 6.92 Å². The molecule has 3 rings (SSSR count). The predicted octanol–water partition coefficient (Wildman–Crippen LogP) is 3.13. The second-order valence-electron chi connectivity index (χ2n) is 7.11. The first-order chi connectivity index (χ1) is 13.6.